The van der Waals surface area contributed by atoms with Gasteiger partial charge < -0.3 is 9.33 Å². The molecule has 2 unspecified atom stereocenters. The largest absolute Gasteiger partial charge is 0.413 e. The molecule has 3 aliphatic carbocycles. The fourth-order valence-corrected chi connectivity index (χ4v) is 9.28. The van der Waals surface area contributed by atoms with Crippen LogP contribution in [-0.2, 0) is 9.22 Å². The van der Waals surface area contributed by atoms with Crippen LogP contribution in [0.4, 0.5) is 0 Å². The van der Waals surface area contributed by atoms with E-state index in [9.17, 15) is 4.79 Å². The molecule has 3 nitrogen and oxygen atoms in total. The summed E-state index contributed by atoms with van der Waals surface area (Å²) in [6, 6.07) is 0.468. The Kier molecular flexibility index (Phi) is 5.14. The summed E-state index contributed by atoms with van der Waals surface area (Å²) >= 11 is 0. The van der Waals surface area contributed by atoms with Crippen LogP contribution in [0, 0.1) is 28.6 Å². The molecule has 0 aromatic rings. The minimum absolute atomic E-state index is 0.281. The van der Waals surface area contributed by atoms with Crippen LogP contribution in [0.25, 0.3) is 0 Å². The van der Waals surface area contributed by atoms with Crippen LogP contribution in [0.5, 0.6) is 0 Å². The van der Waals surface area contributed by atoms with Crippen LogP contribution >= 0.6 is 0 Å². The van der Waals surface area contributed by atoms with Gasteiger partial charge in [-0.15, -0.1) is 0 Å². The maximum Gasteiger partial charge on any atom is 0.222 e. The summed E-state index contributed by atoms with van der Waals surface area (Å²) < 4.78 is 7.06. The van der Waals surface area contributed by atoms with E-state index < -0.39 is 8.32 Å². The van der Waals surface area contributed by atoms with Gasteiger partial charge in [0.05, 0.1) is 6.10 Å². The molecule has 0 bridgehead atoms. The number of amides is 1. The first-order valence-corrected chi connectivity index (χ1v) is 15.2. The molecular weight excluding hydrogens is 374 g/mol. The summed E-state index contributed by atoms with van der Waals surface area (Å²) in [4.78, 5) is 14.5. The molecule has 4 fully saturated rings. The zero-order chi connectivity index (χ0) is 21.4. The Morgan fingerprint density at radius 3 is 2.28 bits per heavy atom. The molecule has 166 valence electrons. The first kappa shape index (κ1) is 21.9. The normalized spacial score (nSPS) is 45.6. The van der Waals surface area contributed by atoms with Gasteiger partial charge in [-0.2, -0.15) is 0 Å². The predicted octanol–water partition coefficient (Wildman–Crippen LogP) is 6.24. The molecule has 0 N–H and O–H groups in total. The number of nitrogens with zero attached hydrogens (tertiary/aromatic N) is 1. The van der Waals surface area contributed by atoms with Gasteiger partial charge in [0, 0.05) is 19.5 Å². The van der Waals surface area contributed by atoms with Crippen LogP contribution in [0.2, 0.25) is 18.1 Å². The van der Waals surface area contributed by atoms with Crippen molar-refractivity contribution in [3.63, 3.8) is 0 Å². The summed E-state index contributed by atoms with van der Waals surface area (Å²) in [6.45, 7) is 17.1. The maximum atomic E-state index is 12.4. The van der Waals surface area contributed by atoms with Gasteiger partial charge in [0.15, 0.2) is 8.32 Å². The lowest BCUT2D eigenvalue weighted by atomic mass is 9.47. The smallest absolute Gasteiger partial charge is 0.222 e. The number of piperidine rings is 1. The van der Waals surface area contributed by atoms with Gasteiger partial charge in [0.2, 0.25) is 5.91 Å². The Morgan fingerprint density at radius 1 is 0.966 bits per heavy atom. The summed E-state index contributed by atoms with van der Waals surface area (Å²) in [5.41, 5.74) is 0.682. The molecule has 0 spiro atoms. The van der Waals surface area contributed by atoms with Gasteiger partial charge in [-0.05, 0) is 91.7 Å². The number of likely N-dealkylation sites (tertiary alicyclic amines) is 1. The molecule has 3 saturated carbocycles. The highest BCUT2D eigenvalue weighted by Crippen LogP contribution is 2.65. The van der Waals surface area contributed by atoms with Gasteiger partial charge in [-0.1, -0.05) is 34.6 Å². The SMILES string of the molecule is CN1C(=O)CC[C@]2(C)C3CC[C@]4(C)[C@@H](O[Si](C)(C)C(C)(C)C)CC[C@H]4C3CC[C@@H]12. The molecule has 0 radical (unpaired) electrons. The second-order valence-corrected chi connectivity index (χ2v) is 17.7. The molecule has 0 aromatic carbocycles. The van der Waals surface area contributed by atoms with Crippen molar-refractivity contribution in [3.05, 3.63) is 0 Å². The molecule has 4 aliphatic rings. The van der Waals surface area contributed by atoms with Crippen LogP contribution in [0.15, 0.2) is 0 Å². The van der Waals surface area contributed by atoms with E-state index in [4.69, 9.17) is 4.43 Å². The van der Waals surface area contributed by atoms with Crippen LogP contribution in [0.3, 0.4) is 0 Å². The quantitative estimate of drug-likeness (QED) is 0.496. The number of fused-ring (bicyclic) bond motifs is 5. The Morgan fingerprint density at radius 2 is 1.62 bits per heavy atom. The topological polar surface area (TPSA) is 29.5 Å². The molecule has 4 heteroatoms. The maximum absolute atomic E-state index is 12.4. The van der Waals surface area contributed by atoms with Gasteiger partial charge in [0.25, 0.3) is 0 Å². The van der Waals surface area contributed by atoms with E-state index in [2.05, 4.69) is 59.7 Å². The zero-order valence-corrected chi connectivity index (χ0v) is 21.3. The highest BCUT2D eigenvalue weighted by molar-refractivity contribution is 6.74. The van der Waals surface area contributed by atoms with Gasteiger partial charge in [-0.3, -0.25) is 4.79 Å². The minimum atomic E-state index is -1.74. The molecule has 1 saturated heterocycles. The molecule has 1 aliphatic heterocycles. The van der Waals surface area contributed by atoms with Crippen molar-refractivity contribution in [2.45, 2.75) is 116 Å². The number of rotatable bonds is 2. The minimum Gasteiger partial charge on any atom is -0.413 e. The Hall–Kier alpha value is -0.353. The van der Waals surface area contributed by atoms with Crippen molar-refractivity contribution in [3.8, 4) is 0 Å². The number of carbonyl (C=O) groups is 1. The summed E-state index contributed by atoms with van der Waals surface area (Å²) in [7, 11) is 0.325. The third-order valence-electron chi connectivity index (χ3n) is 10.7. The monoisotopic (exact) mass is 419 g/mol. The summed E-state index contributed by atoms with van der Waals surface area (Å²) in [6.07, 6.45) is 10.1. The van der Waals surface area contributed by atoms with Crippen LogP contribution < -0.4 is 0 Å². The number of hydrogen-bond acceptors (Lipinski definition) is 2. The van der Waals surface area contributed by atoms with Crippen molar-refractivity contribution in [1.82, 2.24) is 4.90 Å². The lowest BCUT2D eigenvalue weighted by Gasteiger charge is -2.62. The number of carbonyl (C=O) groups excluding carboxylic acids is 1. The molecular formula is C25H45NO2Si. The Balaban J connectivity index is 1.56. The molecule has 7 atom stereocenters. The molecule has 1 heterocycles. The Bertz CT molecular complexity index is 670. The second kappa shape index (κ2) is 6.82. The van der Waals surface area contributed by atoms with Gasteiger partial charge in [-0.25, -0.2) is 0 Å². The van der Waals surface area contributed by atoms with E-state index in [1.807, 2.05) is 0 Å². The zero-order valence-electron chi connectivity index (χ0n) is 20.3. The molecule has 1 amide bonds. The third kappa shape index (κ3) is 3.18. The molecule has 4 rings (SSSR count). The van der Waals surface area contributed by atoms with Gasteiger partial charge in [0.1, 0.15) is 0 Å². The average molecular weight is 420 g/mol. The van der Waals surface area contributed by atoms with Crippen molar-refractivity contribution in [2.24, 2.45) is 28.6 Å². The van der Waals surface area contributed by atoms with E-state index in [1.165, 1.54) is 38.5 Å². The van der Waals surface area contributed by atoms with Crippen molar-refractivity contribution in [1.29, 1.82) is 0 Å². The highest BCUT2D eigenvalue weighted by Gasteiger charge is 2.62. The van der Waals surface area contributed by atoms with Crippen molar-refractivity contribution >= 4 is 14.2 Å². The average Bonchev–Trinajstić information content (AvgIpc) is 2.94. The van der Waals surface area contributed by atoms with Crippen molar-refractivity contribution < 1.29 is 9.22 Å². The lowest BCUT2D eigenvalue weighted by molar-refractivity contribution is -0.159. The van der Waals surface area contributed by atoms with Gasteiger partial charge >= 0.3 is 0 Å². The van der Waals surface area contributed by atoms with Crippen molar-refractivity contribution in [2.75, 3.05) is 7.05 Å². The van der Waals surface area contributed by atoms with E-state index >= 15 is 0 Å². The lowest BCUT2D eigenvalue weighted by Crippen LogP contribution is -2.61. The molecule has 0 aromatic heterocycles. The standard InChI is InChI=1S/C25H45NO2Si/c1-23(2,3)29(7,8)28-21-12-10-18-17-9-11-20-24(4,16-14-22(27)26(20)6)19(17)13-15-25(18,21)5/h17-21H,9-16H2,1-8H3/t17?,18-,19?,20+,21-,24+,25-/m0/s1. The summed E-state index contributed by atoms with van der Waals surface area (Å²) in [5, 5.41) is 0.281. The fraction of sp³-hybridized carbons (Fsp3) is 0.960. The van der Waals surface area contributed by atoms with E-state index in [-0.39, 0.29) is 5.04 Å². The predicted molar refractivity (Wildman–Crippen MR) is 122 cm³/mol. The van der Waals surface area contributed by atoms with E-state index in [0.29, 0.717) is 28.9 Å². The first-order chi connectivity index (χ1) is 13.3. The van der Waals surface area contributed by atoms with Crippen LogP contribution in [0.1, 0.15) is 86.0 Å². The number of hydrogen-bond donors (Lipinski definition) is 0. The Labute approximate surface area is 180 Å². The third-order valence-corrected chi connectivity index (χ3v) is 15.2. The highest BCUT2D eigenvalue weighted by atomic mass is 28.4. The molecule has 29 heavy (non-hydrogen) atoms. The first-order valence-electron chi connectivity index (χ1n) is 12.2. The van der Waals surface area contributed by atoms with E-state index in [1.54, 1.807) is 0 Å². The summed E-state index contributed by atoms with van der Waals surface area (Å²) in [5.74, 6) is 2.82. The van der Waals surface area contributed by atoms with Crippen LogP contribution in [-0.4, -0.2) is 38.3 Å². The second-order valence-electron chi connectivity index (χ2n) is 13.0. The van der Waals surface area contributed by atoms with E-state index in [0.717, 1.165) is 30.6 Å². The fourth-order valence-electron chi connectivity index (χ4n) is 7.83.